The SMILES string of the molecule is CCCCCCCCCCC/C=C/CCCCCCCCCC(=O)OCC(COCCC(C(=O)[O-])[N+](C)(C)C)OC(=O)CCCCCCCCC. The molecule has 0 aromatic carbocycles. The van der Waals surface area contributed by atoms with Crippen LogP contribution in [0, 0.1) is 0 Å². The van der Waals surface area contributed by atoms with Gasteiger partial charge in [-0.25, -0.2) is 0 Å². The number of carboxylic acid groups (broad SMARTS) is 1. The molecule has 51 heavy (non-hydrogen) atoms. The first-order chi connectivity index (χ1) is 24.6. The zero-order valence-corrected chi connectivity index (χ0v) is 34.0. The van der Waals surface area contributed by atoms with Crippen LogP contribution in [-0.4, -0.2) is 75.5 Å². The quantitative estimate of drug-likeness (QED) is 0.0271. The van der Waals surface area contributed by atoms with Gasteiger partial charge in [0.2, 0.25) is 0 Å². The number of nitrogens with zero attached hydrogens (tertiary/aromatic N) is 1. The summed E-state index contributed by atoms with van der Waals surface area (Å²) in [7, 11) is 5.40. The molecule has 0 radical (unpaired) electrons. The molecule has 300 valence electrons. The first kappa shape index (κ1) is 49.1. The van der Waals surface area contributed by atoms with E-state index in [0.29, 0.717) is 12.8 Å². The smallest absolute Gasteiger partial charge is 0.306 e. The van der Waals surface area contributed by atoms with Gasteiger partial charge in [-0.1, -0.05) is 148 Å². The number of rotatable bonds is 38. The molecule has 0 aliphatic heterocycles. The van der Waals surface area contributed by atoms with Crippen molar-refractivity contribution in [2.75, 3.05) is 41.0 Å². The van der Waals surface area contributed by atoms with E-state index in [9.17, 15) is 19.5 Å². The number of carboxylic acids is 1. The highest BCUT2D eigenvalue weighted by Crippen LogP contribution is 2.14. The summed E-state index contributed by atoms with van der Waals surface area (Å²) in [5.74, 6) is -1.74. The summed E-state index contributed by atoms with van der Waals surface area (Å²) in [6.07, 6.45) is 35.4. The molecule has 0 aromatic rings. The summed E-state index contributed by atoms with van der Waals surface area (Å²) in [4.78, 5) is 36.6. The zero-order chi connectivity index (χ0) is 37.8. The van der Waals surface area contributed by atoms with Gasteiger partial charge in [-0.2, -0.15) is 0 Å². The number of carbonyl (C=O) groups excluding carboxylic acids is 3. The van der Waals surface area contributed by atoms with Gasteiger partial charge in [0.1, 0.15) is 12.6 Å². The molecule has 0 spiro atoms. The van der Waals surface area contributed by atoms with Gasteiger partial charge in [-0.15, -0.1) is 0 Å². The number of carbonyl (C=O) groups is 3. The number of hydrogen-bond acceptors (Lipinski definition) is 7. The van der Waals surface area contributed by atoms with Crippen LogP contribution in [0.25, 0.3) is 0 Å². The lowest BCUT2D eigenvalue weighted by molar-refractivity contribution is -0.889. The monoisotopic (exact) mass is 724 g/mol. The first-order valence-electron chi connectivity index (χ1n) is 21.2. The minimum atomic E-state index is -1.12. The summed E-state index contributed by atoms with van der Waals surface area (Å²) < 4.78 is 17.1. The zero-order valence-electron chi connectivity index (χ0n) is 34.0. The van der Waals surface area contributed by atoms with Crippen molar-refractivity contribution in [2.24, 2.45) is 0 Å². The van der Waals surface area contributed by atoms with Crippen LogP contribution < -0.4 is 5.11 Å². The van der Waals surface area contributed by atoms with Crippen molar-refractivity contribution in [3.8, 4) is 0 Å². The minimum absolute atomic E-state index is 0.0437. The van der Waals surface area contributed by atoms with Crippen LogP contribution in [0.15, 0.2) is 12.2 Å². The average molecular weight is 724 g/mol. The van der Waals surface area contributed by atoms with E-state index in [1.54, 1.807) is 21.1 Å². The fraction of sp³-hybridized carbons (Fsp3) is 0.884. The van der Waals surface area contributed by atoms with Gasteiger partial charge in [0.25, 0.3) is 0 Å². The molecule has 0 rings (SSSR count). The van der Waals surface area contributed by atoms with Crippen LogP contribution in [0.2, 0.25) is 0 Å². The Hall–Kier alpha value is -1.93. The Labute approximate surface area is 314 Å². The Bertz CT molecular complexity index is 854. The van der Waals surface area contributed by atoms with Crippen LogP contribution in [0.1, 0.15) is 194 Å². The lowest BCUT2D eigenvalue weighted by atomic mass is 10.1. The van der Waals surface area contributed by atoms with Crippen molar-refractivity contribution < 1.29 is 38.2 Å². The van der Waals surface area contributed by atoms with Gasteiger partial charge in [0.15, 0.2) is 6.10 Å². The summed E-state index contributed by atoms with van der Waals surface area (Å²) in [6.45, 7) is 4.62. The predicted octanol–water partition coefficient (Wildman–Crippen LogP) is 9.80. The molecule has 2 unspecified atom stereocenters. The standard InChI is InChI=1S/C43H81NO7/c1-6-8-10-12-14-15-16-17-18-19-20-21-22-23-24-25-26-28-29-31-33-41(45)50-38-39(37-49-36-35-40(43(47)48)44(3,4)5)51-42(46)34-32-30-27-13-11-9-7-2/h20-21,39-40H,6-19,22-38H2,1-5H3/b21-20+. The maximum absolute atomic E-state index is 12.6. The van der Waals surface area contributed by atoms with E-state index in [-0.39, 0.29) is 42.7 Å². The van der Waals surface area contributed by atoms with Crippen molar-refractivity contribution in [3.05, 3.63) is 12.2 Å². The number of likely N-dealkylation sites (N-methyl/N-ethyl adjacent to an activating group) is 1. The molecule has 0 saturated heterocycles. The van der Waals surface area contributed by atoms with Gasteiger partial charge in [0, 0.05) is 19.3 Å². The van der Waals surface area contributed by atoms with E-state index in [4.69, 9.17) is 14.2 Å². The number of unbranched alkanes of at least 4 members (excludes halogenated alkanes) is 22. The van der Waals surface area contributed by atoms with Gasteiger partial charge in [0.05, 0.1) is 40.3 Å². The van der Waals surface area contributed by atoms with E-state index >= 15 is 0 Å². The summed E-state index contributed by atoms with van der Waals surface area (Å²) in [6, 6.07) is -0.720. The van der Waals surface area contributed by atoms with E-state index in [2.05, 4.69) is 26.0 Å². The van der Waals surface area contributed by atoms with Crippen LogP contribution in [-0.2, 0) is 28.6 Å². The molecule has 0 heterocycles. The Morgan fingerprint density at radius 1 is 0.569 bits per heavy atom. The van der Waals surface area contributed by atoms with Gasteiger partial charge >= 0.3 is 11.9 Å². The summed E-state index contributed by atoms with van der Waals surface area (Å²) in [5, 5.41) is 11.6. The molecule has 8 nitrogen and oxygen atoms in total. The molecular formula is C43H81NO7. The van der Waals surface area contributed by atoms with Crippen molar-refractivity contribution in [3.63, 3.8) is 0 Å². The Morgan fingerprint density at radius 2 is 0.980 bits per heavy atom. The molecule has 0 bridgehead atoms. The van der Waals surface area contributed by atoms with Crippen LogP contribution in [0.4, 0.5) is 0 Å². The molecule has 0 amide bonds. The van der Waals surface area contributed by atoms with E-state index in [0.717, 1.165) is 38.5 Å². The lowest BCUT2D eigenvalue weighted by Gasteiger charge is -2.34. The Morgan fingerprint density at radius 3 is 1.41 bits per heavy atom. The number of hydrogen-bond donors (Lipinski definition) is 0. The first-order valence-corrected chi connectivity index (χ1v) is 21.2. The predicted molar refractivity (Wildman–Crippen MR) is 208 cm³/mol. The summed E-state index contributed by atoms with van der Waals surface area (Å²) in [5.41, 5.74) is 0. The van der Waals surface area contributed by atoms with E-state index in [1.165, 1.54) is 122 Å². The Balaban J connectivity index is 4.17. The molecule has 0 fully saturated rings. The largest absolute Gasteiger partial charge is 0.544 e. The van der Waals surface area contributed by atoms with E-state index in [1.807, 2.05) is 0 Å². The molecule has 0 aliphatic carbocycles. The molecule has 0 N–H and O–H groups in total. The number of quaternary nitrogens is 1. The van der Waals surface area contributed by atoms with Crippen molar-refractivity contribution in [2.45, 2.75) is 206 Å². The maximum atomic E-state index is 12.6. The molecule has 0 aromatic heterocycles. The maximum Gasteiger partial charge on any atom is 0.306 e. The van der Waals surface area contributed by atoms with Crippen LogP contribution in [0.5, 0.6) is 0 Å². The molecule has 0 aliphatic rings. The molecular weight excluding hydrogens is 642 g/mol. The average Bonchev–Trinajstić information content (AvgIpc) is 3.08. The molecule has 2 atom stereocenters. The van der Waals surface area contributed by atoms with Gasteiger partial charge in [-0.3, -0.25) is 9.59 Å². The third-order valence-corrected chi connectivity index (χ3v) is 9.65. The van der Waals surface area contributed by atoms with Gasteiger partial charge in [-0.05, 0) is 38.5 Å². The second kappa shape index (κ2) is 35.1. The van der Waals surface area contributed by atoms with Crippen molar-refractivity contribution in [1.29, 1.82) is 0 Å². The molecule has 0 saturated carbocycles. The highest BCUT2D eigenvalue weighted by atomic mass is 16.6. The second-order valence-corrected chi connectivity index (χ2v) is 15.6. The topological polar surface area (TPSA) is 102 Å². The number of ether oxygens (including phenoxy) is 3. The number of aliphatic carboxylic acids is 1. The van der Waals surface area contributed by atoms with Crippen molar-refractivity contribution >= 4 is 17.9 Å². The van der Waals surface area contributed by atoms with Crippen LogP contribution in [0.3, 0.4) is 0 Å². The van der Waals surface area contributed by atoms with Gasteiger partial charge < -0.3 is 28.6 Å². The summed E-state index contributed by atoms with van der Waals surface area (Å²) >= 11 is 0. The van der Waals surface area contributed by atoms with Crippen LogP contribution >= 0.6 is 0 Å². The van der Waals surface area contributed by atoms with Crippen molar-refractivity contribution in [1.82, 2.24) is 0 Å². The fourth-order valence-electron chi connectivity index (χ4n) is 6.30. The number of allylic oxidation sites excluding steroid dienone is 2. The second-order valence-electron chi connectivity index (χ2n) is 15.6. The third kappa shape index (κ3) is 33.6. The Kier molecular flexibility index (Phi) is 33.8. The highest BCUT2D eigenvalue weighted by Gasteiger charge is 2.25. The normalized spacial score (nSPS) is 13.0. The fourth-order valence-corrected chi connectivity index (χ4v) is 6.30. The lowest BCUT2D eigenvalue weighted by Crippen LogP contribution is -2.55. The highest BCUT2D eigenvalue weighted by molar-refractivity contribution is 5.70. The third-order valence-electron chi connectivity index (χ3n) is 9.65. The van der Waals surface area contributed by atoms with E-state index < -0.39 is 18.1 Å². The molecule has 8 heteroatoms. The minimum Gasteiger partial charge on any atom is -0.544 e. The number of esters is 2.